The number of nitrogens with one attached hydrogen (secondary N) is 1. The van der Waals surface area contributed by atoms with Gasteiger partial charge in [0, 0.05) is 12.6 Å². The quantitative estimate of drug-likeness (QED) is 0.831. The van der Waals surface area contributed by atoms with Crippen molar-refractivity contribution in [1.29, 1.82) is 0 Å². The van der Waals surface area contributed by atoms with Crippen molar-refractivity contribution in [2.45, 2.75) is 71.3 Å². The van der Waals surface area contributed by atoms with E-state index in [0.717, 1.165) is 37.6 Å². The number of nitrogens with two attached hydrogens (primary N) is 1. The summed E-state index contributed by atoms with van der Waals surface area (Å²) in [6.07, 6.45) is 9.88. The molecule has 116 valence electrons. The maximum atomic E-state index is 12.3. The highest BCUT2D eigenvalue weighted by Gasteiger charge is 2.32. The van der Waals surface area contributed by atoms with E-state index in [1.165, 1.54) is 32.1 Å². The lowest BCUT2D eigenvalue weighted by Crippen LogP contribution is -2.47. The predicted octanol–water partition coefficient (Wildman–Crippen LogP) is 3.08. The Morgan fingerprint density at radius 3 is 2.65 bits per heavy atom. The fourth-order valence-electron chi connectivity index (χ4n) is 4.10. The Bertz CT molecular complexity index is 318. The minimum Gasteiger partial charge on any atom is -0.356 e. The van der Waals surface area contributed by atoms with Crippen molar-refractivity contribution >= 4 is 5.91 Å². The fourth-order valence-corrected chi connectivity index (χ4v) is 4.10. The smallest absolute Gasteiger partial charge is 0.224 e. The normalized spacial score (nSPS) is 38.5. The molecule has 1 amide bonds. The summed E-state index contributed by atoms with van der Waals surface area (Å²) in [6, 6.07) is 0.0541. The van der Waals surface area contributed by atoms with Crippen LogP contribution in [-0.2, 0) is 4.79 Å². The van der Waals surface area contributed by atoms with Crippen LogP contribution in [0.3, 0.4) is 0 Å². The summed E-state index contributed by atoms with van der Waals surface area (Å²) in [5.41, 5.74) is 6.20. The van der Waals surface area contributed by atoms with Crippen molar-refractivity contribution in [3.8, 4) is 0 Å². The summed E-state index contributed by atoms with van der Waals surface area (Å²) in [7, 11) is 0. The molecule has 0 heterocycles. The van der Waals surface area contributed by atoms with E-state index in [2.05, 4.69) is 19.2 Å². The second-order valence-corrected chi connectivity index (χ2v) is 7.31. The zero-order chi connectivity index (χ0) is 14.5. The second kappa shape index (κ2) is 7.44. The Hall–Kier alpha value is -0.570. The van der Waals surface area contributed by atoms with Crippen LogP contribution in [0.25, 0.3) is 0 Å². The zero-order valence-corrected chi connectivity index (χ0v) is 13.2. The lowest BCUT2D eigenvalue weighted by atomic mass is 9.77. The first-order chi connectivity index (χ1) is 9.58. The van der Waals surface area contributed by atoms with Gasteiger partial charge >= 0.3 is 0 Å². The van der Waals surface area contributed by atoms with Gasteiger partial charge in [0.05, 0.1) is 5.92 Å². The first-order valence-electron chi connectivity index (χ1n) is 8.61. The van der Waals surface area contributed by atoms with Crippen LogP contribution >= 0.6 is 0 Å². The summed E-state index contributed by atoms with van der Waals surface area (Å²) < 4.78 is 0. The average Bonchev–Trinajstić information content (AvgIpc) is 2.42. The highest BCUT2D eigenvalue weighted by molar-refractivity contribution is 5.79. The van der Waals surface area contributed by atoms with Crippen molar-refractivity contribution in [3.63, 3.8) is 0 Å². The summed E-state index contributed by atoms with van der Waals surface area (Å²) in [4.78, 5) is 12.3. The monoisotopic (exact) mass is 280 g/mol. The van der Waals surface area contributed by atoms with Gasteiger partial charge in [-0.1, -0.05) is 39.5 Å². The third-order valence-corrected chi connectivity index (χ3v) is 5.53. The Morgan fingerprint density at radius 1 is 1.15 bits per heavy atom. The maximum Gasteiger partial charge on any atom is 0.224 e. The molecule has 0 aromatic carbocycles. The van der Waals surface area contributed by atoms with E-state index in [9.17, 15) is 4.79 Å². The van der Waals surface area contributed by atoms with E-state index in [-0.39, 0.29) is 17.9 Å². The van der Waals surface area contributed by atoms with Crippen LogP contribution in [0, 0.1) is 23.7 Å². The van der Waals surface area contributed by atoms with E-state index < -0.39 is 0 Å². The first kappa shape index (κ1) is 15.8. The molecule has 0 aromatic rings. The molecule has 5 atom stereocenters. The Kier molecular flexibility index (Phi) is 5.88. The van der Waals surface area contributed by atoms with Crippen molar-refractivity contribution < 1.29 is 4.79 Å². The van der Waals surface area contributed by atoms with Crippen LogP contribution in [-0.4, -0.2) is 18.5 Å². The van der Waals surface area contributed by atoms with E-state index in [4.69, 9.17) is 5.73 Å². The molecule has 2 fully saturated rings. The van der Waals surface area contributed by atoms with Crippen molar-refractivity contribution in [3.05, 3.63) is 0 Å². The average molecular weight is 280 g/mol. The minimum absolute atomic E-state index is 0.0454. The molecule has 20 heavy (non-hydrogen) atoms. The van der Waals surface area contributed by atoms with Gasteiger partial charge in [0.25, 0.3) is 0 Å². The van der Waals surface area contributed by atoms with Gasteiger partial charge in [-0.15, -0.1) is 0 Å². The van der Waals surface area contributed by atoms with Crippen LogP contribution in [0.4, 0.5) is 0 Å². The molecule has 0 aromatic heterocycles. The molecule has 0 radical (unpaired) electrons. The van der Waals surface area contributed by atoms with Crippen molar-refractivity contribution in [2.24, 2.45) is 29.4 Å². The molecular weight excluding hydrogens is 248 g/mol. The van der Waals surface area contributed by atoms with Crippen LogP contribution in [0.1, 0.15) is 65.2 Å². The topological polar surface area (TPSA) is 55.1 Å². The van der Waals surface area contributed by atoms with Crippen LogP contribution in [0.2, 0.25) is 0 Å². The Labute approximate surface area is 124 Å². The SMILES string of the molecule is CC1CCCC(CCNC(=O)C2CCCC(C)C2N)C1. The molecule has 3 heteroatoms. The van der Waals surface area contributed by atoms with E-state index >= 15 is 0 Å². The lowest BCUT2D eigenvalue weighted by molar-refractivity contribution is -0.127. The maximum absolute atomic E-state index is 12.3. The summed E-state index contributed by atoms with van der Waals surface area (Å²) in [5, 5.41) is 3.15. The molecule has 2 aliphatic carbocycles. The van der Waals surface area contributed by atoms with Gasteiger partial charge in [0.1, 0.15) is 0 Å². The van der Waals surface area contributed by atoms with Gasteiger partial charge in [-0.2, -0.15) is 0 Å². The highest BCUT2D eigenvalue weighted by atomic mass is 16.1. The molecular formula is C17H32N2O. The molecule has 3 N–H and O–H groups in total. The second-order valence-electron chi connectivity index (χ2n) is 7.31. The van der Waals surface area contributed by atoms with Gasteiger partial charge in [0.2, 0.25) is 5.91 Å². The van der Waals surface area contributed by atoms with Gasteiger partial charge in [-0.05, 0) is 43.4 Å². The predicted molar refractivity (Wildman–Crippen MR) is 83.2 cm³/mol. The van der Waals surface area contributed by atoms with Crippen molar-refractivity contribution in [2.75, 3.05) is 6.54 Å². The highest BCUT2D eigenvalue weighted by Crippen LogP contribution is 2.31. The van der Waals surface area contributed by atoms with Crippen LogP contribution < -0.4 is 11.1 Å². The zero-order valence-electron chi connectivity index (χ0n) is 13.2. The van der Waals surface area contributed by atoms with Crippen LogP contribution in [0.15, 0.2) is 0 Å². The van der Waals surface area contributed by atoms with E-state index in [0.29, 0.717) is 5.92 Å². The molecule has 2 rings (SSSR count). The number of hydrogen-bond donors (Lipinski definition) is 2. The Morgan fingerprint density at radius 2 is 1.90 bits per heavy atom. The van der Waals surface area contributed by atoms with Gasteiger partial charge in [0.15, 0.2) is 0 Å². The number of amides is 1. The van der Waals surface area contributed by atoms with Crippen LogP contribution in [0.5, 0.6) is 0 Å². The first-order valence-corrected chi connectivity index (χ1v) is 8.61. The molecule has 0 spiro atoms. The van der Waals surface area contributed by atoms with E-state index in [1.54, 1.807) is 0 Å². The van der Waals surface area contributed by atoms with E-state index in [1.807, 2.05) is 0 Å². The molecule has 0 bridgehead atoms. The van der Waals surface area contributed by atoms with Crippen molar-refractivity contribution in [1.82, 2.24) is 5.32 Å². The largest absolute Gasteiger partial charge is 0.356 e. The number of rotatable bonds is 4. The standard InChI is InChI=1S/C17H32N2O/c1-12-5-3-7-14(11-12)9-10-19-17(20)15-8-4-6-13(2)16(15)18/h12-16H,3-11,18H2,1-2H3,(H,19,20). The molecule has 0 saturated heterocycles. The molecule has 2 aliphatic rings. The molecule has 0 aliphatic heterocycles. The van der Waals surface area contributed by atoms with Gasteiger partial charge in [-0.3, -0.25) is 4.79 Å². The third kappa shape index (κ3) is 4.21. The van der Waals surface area contributed by atoms with Gasteiger partial charge < -0.3 is 11.1 Å². The summed E-state index contributed by atoms with van der Waals surface area (Å²) >= 11 is 0. The third-order valence-electron chi connectivity index (χ3n) is 5.53. The van der Waals surface area contributed by atoms with Gasteiger partial charge in [-0.25, -0.2) is 0 Å². The summed E-state index contributed by atoms with van der Waals surface area (Å²) in [6.45, 7) is 5.37. The molecule has 2 saturated carbocycles. The lowest BCUT2D eigenvalue weighted by Gasteiger charge is -2.33. The fraction of sp³-hybridized carbons (Fsp3) is 0.941. The molecule has 5 unspecified atom stereocenters. The number of hydrogen-bond acceptors (Lipinski definition) is 2. The number of carbonyl (C=O) groups excluding carboxylic acids is 1. The minimum atomic E-state index is 0.0454. The number of carbonyl (C=O) groups is 1. The Balaban J connectivity index is 1.69. The summed E-state index contributed by atoms with van der Waals surface area (Å²) in [5.74, 6) is 2.42. The molecule has 3 nitrogen and oxygen atoms in total.